The van der Waals surface area contributed by atoms with Gasteiger partial charge >= 0.3 is 0 Å². The van der Waals surface area contributed by atoms with Crippen LogP contribution in [0.1, 0.15) is 56.1 Å². The van der Waals surface area contributed by atoms with Crippen LogP contribution in [-0.2, 0) is 4.79 Å². The van der Waals surface area contributed by atoms with Gasteiger partial charge in [0.15, 0.2) is 12.3 Å². The van der Waals surface area contributed by atoms with Crippen molar-refractivity contribution in [2.75, 3.05) is 37.0 Å². The maximum atomic E-state index is 14.8. The van der Waals surface area contributed by atoms with E-state index in [1.807, 2.05) is 11.8 Å². The van der Waals surface area contributed by atoms with Crippen LogP contribution in [0.5, 0.6) is 5.88 Å². The van der Waals surface area contributed by atoms with Crippen LogP contribution in [0.3, 0.4) is 0 Å². The van der Waals surface area contributed by atoms with Crippen molar-refractivity contribution in [1.29, 1.82) is 0 Å². The van der Waals surface area contributed by atoms with E-state index in [0.29, 0.717) is 42.8 Å². The number of nitrogens with zero attached hydrogens (tertiary/aromatic N) is 4. The standard InChI is InChI=1S/C27H31F5N6O2/c1-14(16-6-5-7-17(21(16)30)22(31)32)34-23-18-12-19(38-10-8-27(3,9-11-38)26(39)33-4)25(40-13-20(28)29)37-24(18)36-15(2)35-23/h5-7,12,14,20,22H,8-11,13H2,1-4H3,(H,33,39)(H,34,35,36,37)/t14-/m1/s1. The molecule has 0 radical (unpaired) electrons. The van der Waals surface area contributed by atoms with Crippen molar-refractivity contribution < 1.29 is 31.5 Å². The van der Waals surface area contributed by atoms with Crippen LogP contribution < -0.4 is 20.3 Å². The minimum atomic E-state index is -2.97. The SMILES string of the molecule is CNC(=O)C1(C)CCN(c2cc3c(N[C@H](C)c4cccc(C(F)F)c4F)nc(C)nc3nc2OCC(F)F)CC1. The van der Waals surface area contributed by atoms with Gasteiger partial charge in [0, 0.05) is 31.1 Å². The number of benzene rings is 1. The summed E-state index contributed by atoms with van der Waals surface area (Å²) in [6.07, 6.45) is -4.69. The Hall–Kier alpha value is -3.77. The average Bonchev–Trinajstić information content (AvgIpc) is 2.91. The summed E-state index contributed by atoms with van der Waals surface area (Å²) in [6.45, 7) is 5.07. The van der Waals surface area contributed by atoms with E-state index in [4.69, 9.17) is 4.74 Å². The van der Waals surface area contributed by atoms with E-state index < -0.39 is 42.3 Å². The Balaban J connectivity index is 1.74. The minimum Gasteiger partial charge on any atom is -0.470 e. The Kier molecular flexibility index (Phi) is 8.59. The molecule has 0 spiro atoms. The second-order valence-electron chi connectivity index (χ2n) is 10.0. The van der Waals surface area contributed by atoms with Crippen LogP contribution in [-0.4, -0.2) is 54.0 Å². The van der Waals surface area contributed by atoms with Gasteiger partial charge in [-0.1, -0.05) is 25.1 Å². The summed E-state index contributed by atoms with van der Waals surface area (Å²) < 4.78 is 72.9. The molecule has 0 unspecified atom stereocenters. The third kappa shape index (κ3) is 6.02. The zero-order chi connectivity index (χ0) is 29.2. The number of anilines is 2. The number of hydrogen-bond donors (Lipinski definition) is 2. The number of rotatable bonds is 9. The number of hydrogen-bond acceptors (Lipinski definition) is 7. The van der Waals surface area contributed by atoms with Crippen molar-refractivity contribution in [2.45, 2.75) is 52.5 Å². The highest BCUT2D eigenvalue weighted by molar-refractivity contribution is 5.91. The van der Waals surface area contributed by atoms with Gasteiger partial charge in [-0.2, -0.15) is 4.98 Å². The highest BCUT2D eigenvalue weighted by Crippen LogP contribution is 2.39. The topological polar surface area (TPSA) is 92.3 Å². The summed E-state index contributed by atoms with van der Waals surface area (Å²) in [5.41, 5.74) is -0.686. The molecular formula is C27H31F5N6O2. The fraction of sp³-hybridized carbons (Fsp3) is 0.481. The van der Waals surface area contributed by atoms with Crippen molar-refractivity contribution in [3.63, 3.8) is 0 Å². The molecule has 1 saturated heterocycles. The van der Waals surface area contributed by atoms with Crippen molar-refractivity contribution >= 4 is 28.4 Å². The number of pyridine rings is 1. The van der Waals surface area contributed by atoms with Gasteiger partial charge in [0.1, 0.15) is 23.1 Å². The molecule has 4 rings (SSSR count). The third-order valence-electron chi connectivity index (χ3n) is 7.19. The second kappa shape index (κ2) is 11.8. The van der Waals surface area contributed by atoms with Gasteiger partial charge in [-0.05, 0) is 32.8 Å². The fourth-order valence-corrected chi connectivity index (χ4v) is 4.85. The number of aryl methyl sites for hydroxylation is 1. The number of ether oxygens (including phenoxy) is 1. The van der Waals surface area contributed by atoms with Crippen LogP contribution >= 0.6 is 0 Å². The van der Waals surface area contributed by atoms with Crippen LogP contribution in [0.2, 0.25) is 0 Å². The molecule has 0 aliphatic carbocycles. The molecule has 1 aliphatic heterocycles. The summed E-state index contributed by atoms with van der Waals surface area (Å²) >= 11 is 0. The summed E-state index contributed by atoms with van der Waals surface area (Å²) in [5.74, 6) is -0.572. The Bertz CT molecular complexity index is 1380. The molecule has 1 atom stereocenters. The van der Waals surface area contributed by atoms with Gasteiger partial charge in [0.25, 0.3) is 12.9 Å². The highest BCUT2D eigenvalue weighted by Gasteiger charge is 2.37. The molecule has 3 heterocycles. The van der Waals surface area contributed by atoms with Crippen LogP contribution in [0.15, 0.2) is 24.3 Å². The number of nitrogens with one attached hydrogen (secondary N) is 2. The lowest BCUT2D eigenvalue weighted by molar-refractivity contribution is -0.130. The van der Waals surface area contributed by atoms with E-state index in [0.717, 1.165) is 6.07 Å². The maximum Gasteiger partial charge on any atom is 0.272 e. The molecule has 1 aliphatic rings. The molecule has 0 bridgehead atoms. The summed E-state index contributed by atoms with van der Waals surface area (Å²) in [6, 6.07) is 4.69. The lowest BCUT2D eigenvalue weighted by Crippen LogP contribution is -2.46. The zero-order valence-electron chi connectivity index (χ0n) is 22.6. The number of aromatic nitrogens is 3. The quantitative estimate of drug-likeness (QED) is 0.327. The molecule has 1 amide bonds. The predicted molar refractivity (Wildman–Crippen MR) is 141 cm³/mol. The molecule has 1 fully saturated rings. The number of alkyl halides is 4. The van der Waals surface area contributed by atoms with Gasteiger partial charge in [-0.15, -0.1) is 0 Å². The van der Waals surface area contributed by atoms with Crippen LogP contribution in [0, 0.1) is 18.2 Å². The van der Waals surface area contributed by atoms with Crippen LogP contribution in [0.25, 0.3) is 11.0 Å². The van der Waals surface area contributed by atoms with Gasteiger partial charge < -0.3 is 20.3 Å². The summed E-state index contributed by atoms with van der Waals surface area (Å²) in [5, 5.41) is 6.17. The number of piperidine rings is 1. The molecule has 1 aromatic carbocycles. The lowest BCUT2D eigenvalue weighted by Gasteiger charge is -2.39. The Morgan fingerprint density at radius 3 is 2.42 bits per heavy atom. The fourth-order valence-electron chi connectivity index (χ4n) is 4.85. The number of halogens is 5. The molecule has 40 heavy (non-hydrogen) atoms. The van der Waals surface area contributed by atoms with Gasteiger partial charge in [0.2, 0.25) is 11.8 Å². The Morgan fingerprint density at radius 1 is 1.12 bits per heavy atom. The van der Waals surface area contributed by atoms with Crippen molar-refractivity contribution in [3.05, 3.63) is 47.0 Å². The lowest BCUT2D eigenvalue weighted by atomic mass is 9.79. The Morgan fingerprint density at radius 2 is 1.80 bits per heavy atom. The van der Waals surface area contributed by atoms with Gasteiger partial charge in [-0.3, -0.25) is 4.79 Å². The number of amides is 1. The number of carbonyl (C=O) groups excluding carboxylic acids is 1. The molecule has 13 heteroatoms. The first-order valence-corrected chi connectivity index (χ1v) is 12.8. The van der Waals surface area contributed by atoms with E-state index in [1.54, 1.807) is 27.0 Å². The monoisotopic (exact) mass is 566 g/mol. The molecule has 8 nitrogen and oxygen atoms in total. The van der Waals surface area contributed by atoms with E-state index in [9.17, 15) is 26.7 Å². The number of fused-ring (bicyclic) bond motifs is 1. The van der Waals surface area contributed by atoms with E-state index >= 15 is 0 Å². The van der Waals surface area contributed by atoms with Crippen molar-refractivity contribution in [3.8, 4) is 5.88 Å². The minimum absolute atomic E-state index is 0.0248. The molecular weight excluding hydrogens is 535 g/mol. The second-order valence-corrected chi connectivity index (χ2v) is 10.0. The molecule has 0 saturated carbocycles. The van der Waals surface area contributed by atoms with Crippen molar-refractivity contribution in [2.24, 2.45) is 5.41 Å². The number of carbonyl (C=O) groups is 1. The molecule has 216 valence electrons. The van der Waals surface area contributed by atoms with Crippen molar-refractivity contribution in [1.82, 2.24) is 20.3 Å². The zero-order valence-corrected chi connectivity index (χ0v) is 22.6. The average molecular weight is 567 g/mol. The summed E-state index contributed by atoms with van der Waals surface area (Å²) in [4.78, 5) is 27.5. The smallest absolute Gasteiger partial charge is 0.272 e. The van der Waals surface area contributed by atoms with E-state index in [-0.39, 0.29) is 28.8 Å². The first-order chi connectivity index (χ1) is 18.9. The van der Waals surface area contributed by atoms with Crippen LogP contribution in [0.4, 0.5) is 33.5 Å². The predicted octanol–water partition coefficient (Wildman–Crippen LogP) is 5.58. The van der Waals surface area contributed by atoms with E-state index in [1.165, 1.54) is 12.1 Å². The first-order valence-electron chi connectivity index (χ1n) is 12.8. The molecule has 2 aromatic heterocycles. The largest absolute Gasteiger partial charge is 0.470 e. The summed E-state index contributed by atoms with van der Waals surface area (Å²) in [7, 11) is 1.58. The van der Waals surface area contributed by atoms with E-state index in [2.05, 4.69) is 25.6 Å². The Labute approximate surface area is 228 Å². The van der Waals surface area contributed by atoms with Gasteiger partial charge in [0.05, 0.1) is 17.0 Å². The normalized spacial score (nSPS) is 15.9. The first kappa shape index (κ1) is 29.2. The van der Waals surface area contributed by atoms with Gasteiger partial charge in [-0.25, -0.2) is 31.9 Å². The molecule has 2 N–H and O–H groups in total. The molecule has 3 aromatic rings. The highest BCUT2D eigenvalue weighted by atomic mass is 19.3. The maximum absolute atomic E-state index is 14.8. The third-order valence-corrected chi connectivity index (χ3v) is 7.19.